The molecule has 8 nitrogen and oxygen atoms in total. The Morgan fingerprint density at radius 3 is 2.63 bits per heavy atom. The van der Waals surface area contributed by atoms with Gasteiger partial charge in [0, 0.05) is 50.1 Å². The lowest BCUT2D eigenvalue weighted by Crippen LogP contribution is -2.42. The van der Waals surface area contributed by atoms with E-state index in [1.54, 1.807) is 19.3 Å². The van der Waals surface area contributed by atoms with Crippen LogP contribution in [-0.2, 0) is 33.1 Å². The zero-order chi connectivity index (χ0) is 26.7. The van der Waals surface area contributed by atoms with Gasteiger partial charge < -0.3 is 14.9 Å². The molecule has 5 rings (SSSR count). The highest BCUT2D eigenvalue weighted by Crippen LogP contribution is 2.44. The Balaban J connectivity index is 1.26. The van der Waals surface area contributed by atoms with Crippen molar-refractivity contribution in [2.45, 2.75) is 45.4 Å². The molecule has 10 heteroatoms. The maximum atomic E-state index is 13.8. The summed E-state index contributed by atoms with van der Waals surface area (Å²) in [5.41, 5.74) is 4.06. The summed E-state index contributed by atoms with van der Waals surface area (Å²) in [4.78, 5) is 27.9. The fourth-order valence-electron chi connectivity index (χ4n) is 4.99. The first-order valence-corrected chi connectivity index (χ1v) is 12.6. The van der Waals surface area contributed by atoms with Crippen LogP contribution in [0.1, 0.15) is 54.6 Å². The van der Waals surface area contributed by atoms with Crippen molar-refractivity contribution < 1.29 is 23.1 Å². The Morgan fingerprint density at radius 1 is 1.13 bits per heavy atom. The Hall–Kier alpha value is -3.76. The molecule has 0 saturated carbocycles. The number of hydrogen-bond donors (Lipinski definition) is 1. The van der Waals surface area contributed by atoms with Crippen molar-refractivity contribution in [2.75, 3.05) is 25.0 Å². The predicted octanol–water partition coefficient (Wildman–Crippen LogP) is 4.52. The van der Waals surface area contributed by atoms with E-state index in [0.717, 1.165) is 54.8 Å². The van der Waals surface area contributed by atoms with Gasteiger partial charge in [-0.3, -0.25) is 14.7 Å². The van der Waals surface area contributed by atoms with E-state index in [1.165, 1.54) is 13.0 Å². The highest BCUT2D eigenvalue weighted by Gasteiger charge is 2.43. The van der Waals surface area contributed by atoms with Gasteiger partial charge in [0.15, 0.2) is 11.6 Å². The van der Waals surface area contributed by atoms with Crippen LogP contribution in [0.15, 0.2) is 53.9 Å². The number of piperidine rings is 1. The van der Waals surface area contributed by atoms with Gasteiger partial charge in [0.25, 0.3) is 0 Å². The molecule has 0 atom stereocenters. The van der Waals surface area contributed by atoms with Crippen LogP contribution in [0, 0.1) is 11.6 Å². The van der Waals surface area contributed by atoms with Crippen molar-refractivity contribution >= 4 is 17.4 Å². The van der Waals surface area contributed by atoms with E-state index in [1.807, 2.05) is 18.2 Å². The number of nitrogens with zero attached hydrogens (tertiary/aromatic N) is 4. The zero-order valence-corrected chi connectivity index (χ0v) is 21.3. The number of likely N-dealkylation sites (tertiary alicyclic amines) is 1. The predicted molar refractivity (Wildman–Crippen MR) is 137 cm³/mol. The quantitative estimate of drug-likeness (QED) is 0.363. The van der Waals surface area contributed by atoms with Crippen molar-refractivity contribution in [3.05, 3.63) is 88.4 Å². The van der Waals surface area contributed by atoms with Crippen LogP contribution >= 0.6 is 0 Å². The van der Waals surface area contributed by atoms with Crippen LogP contribution < -0.4 is 5.32 Å². The number of oxime groups is 1. The standard InChI is InChI=1S/C28H29F2N5O3/c1-3-38-34-27(20-5-6-23(29)24(30)12-20)25-7-4-19(14-31-25)16-35-10-8-28(9-11-35)22-13-26(33-18(2)36)32-15-21(22)17-37-28/h4-7,12-15H,3,8-11,16-17H2,1-2H3,(H,32,33,36)/b34-27+. The Labute approximate surface area is 219 Å². The molecule has 1 aromatic carbocycles. The molecule has 1 N–H and O–H groups in total. The topological polar surface area (TPSA) is 88.9 Å². The average Bonchev–Trinajstić information content (AvgIpc) is 3.25. The lowest BCUT2D eigenvalue weighted by Gasteiger charge is -2.39. The van der Waals surface area contributed by atoms with Gasteiger partial charge in [-0.2, -0.15) is 0 Å². The molecule has 0 radical (unpaired) electrons. The molecule has 3 aromatic rings. The minimum absolute atomic E-state index is 0.152. The van der Waals surface area contributed by atoms with Gasteiger partial charge in [-0.25, -0.2) is 13.8 Å². The number of halogens is 2. The molecular weight excluding hydrogens is 492 g/mol. The zero-order valence-electron chi connectivity index (χ0n) is 21.3. The van der Waals surface area contributed by atoms with Gasteiger partial charge in [0.1, 0.15) is 18.1 Å². The Kier molecular flexibility index (Phi) is 7.44. The van der Waals surface area contributed by atoms with Gasteiger partial charge in [-0.1, -0.05) is 11.2 Å². The summed E-state index contributed by atoms with van der Waals surface area (Å²) in [6, 6.07) is 9.32. The summed E-state index contributed by atoms with van der Waals surface area (Å²) >= 11 is 0. The van der Waals surface area contributed by atoms with Crippen LogP contribution in [0.5, 0.6) is 0 Å². The van der Waals surface area contributed by atoms with Crippen LogP contribution in [-0.4, -0.2) is 46.2 Å². The number of anilines is 1. The van der Waals surface area contributed by atoms with E-state index in [9.17, 15) is 13.6 Å². The summed E-state index contributed by atoms with van der Waals surface area (Å²) in [5, 5.41) is 6.86. The van der Waals surface area contributed by atoms with Crippen molar-refractivity contribution in [3.8, 4) is 0 Å². The van der Waals surface area contributed by atoms with Crippen LogP contribution in [0.4, 0.5) is 14.6 Å². The lowest BCUT2D eigenvalue weighted by molar-refractivity contribution is -0.114. The second-order valence-electron chi connectivity index (χ2n) is 9.51. The summed E-state index contributed by atoms with van der Waals surface area (Å²) in [6.45, 7) is 6.51. The molecule has 4 heterocycles. The molecule has 2 aliphatic rings. The van der Waals surface area contributed by atoms with Crippen molar-refractivity contribution in [1.29, 1.82) is 0 Å². The molecule has 0 aliphatic carbocycles. The lowest BCUT2D eigenvalue weighted by atomic mass is 9.84. The number of nitrogens with one attached hydrogen (secondary N) is 1. The maximum Gasteiger partial charge on any atom is 0.222 e. The molecule has 1 fully saturated rings. The van der Waals surface area contributed by atoms with Crippen LogP contribution in [0.3, 0.4) is 0 Å². The first kappa shape index (κ1) is 25.9. The number of rotatable bonds is 7. The maximum absolute atomic E-state index is 13.8. The third kappa shape index (κ3) is 5.41. The highest BCUT2D eigenvalue weighted by molar-refractivity contribution is 6.11. The number of amides is 1. The number of carbonyl (C=O) groups is 1. The summed E-state index contributed by atoms with van der Waals surface area (Å²) in [6.07, 6.45) is 5.22. The van der Waals surface area contributed by atoms with E-state index in [-0.39, 0.29) is 11.5 Å². The van der Waals surface area contributed by atoms with Gasteiger partial charge in [-0.15, -0.1) is 0 Å². The number of pyridine rings is 2. The fraction of sp³-hybridized carbons (Fsp3) is 0.357. The molecule has 1 saturated heterocycles. The van der Waals surface area contributed by atoms with Crippen molar-refractivity contribution in [3.63, 3.8) is 0 Å². The van der Waals surface area contributed by atoms with Crippen molar-refractivity contribution in [1.82, 2.24) is 14.9 Å². The third-order valence-electron chi connectivity index (χ3n) is 6.90. The Morgan fingerprint density at radius 2 is 1.95 bits per heavy atom. The first-order valence-electron chi connectivity index (χ1n) is 12.6. The van der Waals surface area contributed by atoms with E-state index in [0.29, 0.717) is 42.5 Å². The van der Waals surface area contributed by atoms with E-state index in [4.69, 9.17) is 9.57 Å². The third-order valence-corrected chi connectivity index (χ3v) is 6.90. The molecule has 38 heavy (non-hydrogen) atoms. The molecule has 1 spiro atoms. The van der Waals surface area contributed by atoms with E-state index < -0.39 is 11.6 Å². The number of fused-ring (bicyclic) bond motifs is 2. The molecular formula is C28H29F2N5O3. The summed E-state index contributed by atoms with van der Waals surface area (Å²) in [7, 11) is 0. The fourth-order valence-corrected chi connectivity index (χ4v) is 4.99. The van der Waals surface area contributed by atoms with Crippen molar-refractivity contribution in [2.24, 2.45) is 5.16 Å². The number of benzene rings is 1. The average molecular weight is 522 g/mol. The minimum Gasteiger partial charge on any atom is -0.396 e. The molecule has 2 aromatic heterocycles. The van der Waals surface area contributed by atoms with Gasteiger partial charge in [0.2, 0.25) is 5.91 Å². The van der Waals surface area contributed by atoms with E-state index >= 15 is 0 Å². The number of carbonyl (C=O) groups excluding carboxylic acids is 1. The van der Waals surface area contributed by atoms with E-state index in [2.05, 4.69) is 25.3 Å². The molecule has 2 aliphatic heterocycles. The highest BCUT2D eigenvalue weighted by atomic mass is 19.2. The molecule has 0 bridgehead atoms. The number of aromatic nitrogens is 2. The van der Waals surface area contributed by atoms with Gasteiger partial charge in [0.05, 0.1) is 17.9 Å². The smallest absolute Gasteiger partial charge is 0.222 e. The monoisotopic (exact) mass is 521 g/mol. The Bertz CT molecular complexity index is 1360. The van der Waals surface area contributed by atoms with Gasteiger partial charge >= 0.3 is 0 Å². The second kappa shape index (κ2) is 10.9. The van der Waals surface area contributed by atoms with Crippen LogP contribution in [0.25, 0.3) is 0 Å². The first-order chi connectivity index (χ1) is 18.4. The molecule has 198 valence electrons. The normalized spacial score (nSPS) is 16.9. The minimum atomic E-state index is -0.956. The second-order valence-corrected chi connectivity index (χ2v) is 9.51. The molecule has 1 amide bonds. The van der Waals surface area contributed by atoms with Crippen LogP contribution in [0.2, 0.25) is 0 Å². The number of ether oxygens (including phenoxy) is 1. The summed E-state index contributed by atoms with van der Waals surface area (Å²) < 4.78 is 33.5. The SMILES string of the molecule is CCO/N=C(\c1ccc(F)c(F)c1)c1ccc(CN2CCC3(CC2)OCc2cnc(NC(C)=O)cc23)cn1. The number of hydrogen-bond acceptors (Lipinski definition) is 7. The summed E-state index contributed by atoms with van der Waals surface area (Å²) in [5.74, 6) is -1.48. The molecule has 0 unspecified atom stereocenters. The van der Waals surface area contributed by atoms with Gasteiger partial charge in [-0.05, 0) is 61.2 Å². The largest absolute Gasteiger partial charge is 0.396 e.